The van der Waals surface area contributed by atoms with Gasteiger partial charge in [-0.15, -0.1) is 0 Å². The van der Waals surface area contributed by atoms with Gasteiger partial charge in [0.15, 0.2) is 11.7 Å². The van der Waals surface area contributed by atoms with Crippen LogP contribution in [0.1, 0.15) is 10.4 Å². The molecule has 6 heteroatoms. The van der Waals surface area contributed by atoms with Gasteiger partial charge in [-0.05, 0) is 12.1 Å². The highest BCUT2D eigenvalue weighted by atomic mass is 16.2. The fraction of sp³-hybridized carbons (Fsp3) is 0.100. The maximum absolute atomic E-state index is 12.4. The molecule has 0 spiro atoms. The number of carbonyl (C=O) groups excluding carboxylic acids is 3. The largest absolute Gasteiger partial charge is 0.345 e. The van der Waals surface area contributed by atoms with E-state index in [1.807, 2.05) is 0 Å². The number of rotatable bonds is 6. The van der Waals surface area contributed by atoms with Crippen molar-refractivity contribution in [3.05, 3.63) is 82.7 Å². The van der Waals surface area contributed by atoms with Crippen molar-refractivity contribution in [2.24, 2.45) is 0 Å². The lowest BCUT2D eigenvalue weighted by atomic mass is 10.1. The summed E-state index contributed by atoms with van der Waals surface area (Å²) in [5, 5.41) is 0.410. The van der Waals surface area contributed by atoms with Crippen molar-refractivity contribution < 1.29 is 14.4 Å². The first-order valence-electron chi connectivity index (χ1n) is 7.96. The Balaban J connectivity index is 1.96. The smallest absolute Gasteiger partial charge is 0.261 e. The van der Waals surface area contributed by atoms with E-state index >= 15 is 0 Å². The summed E-state index contributed by atoms with van der Waals surface area (Å²) in [6, 6.07) is 6.88. The molecule has 3 rings (SSSR count). The highest BCUT2D eigenvalue weighted by molar-refractivity contribution is 6.21. The van der Waals surface area contributed by atoms with Crippen LogP contribution < -0.4 is 5.43 Å². The van der Waals surface area contributed by atoms with Crippen molar-refractivity contribution in [2.45, 2.75) is 6.54 Å². The van der Waals surface area contributed by atoms with E-state index in [4.69, 9.17) is 0 Å². The number of aldehydes is 1. The number of amides is 2. The Kier molecular flexibility index (Phi) is 4.49. The van der Waals surface area contributed by atoms with Crippen LogP contribution in [0.15, 0.2) is 71.7 Å². The number of nitrogens with zero attached hydrogens (tertiary/aromatic N) is 2. The molecule has 0 radical (unpaired) electrons. The number of imide groups is 1. The van der Waals surface area contributed by atoms with Crippen LogP contribution in [0, 0.1) is 0 Å². The lowest BCUT2D eigenvalue weighted by Gasteiger charge is -2.17. The van der Waals surface area contributed by atoms with Crippen LogP contribution in [0.25, 0.3) is 10.9 Å². The second kappa shape index (κ2) is 6.76. The number of benzene rings is 1. The van der Waals surface area contributed by atoms with E-state index < -0.39 is 11.8 Å². The Morgan fingerprint density at radius 1 is 0.923 bits per heavy atom. The first-order chi connectivity index (χ1) is 12.5. The maximum atomic E-state index is 12.4. The molecule has 2 aromatic rings. The Morgan fingerprint density at radius 2 is 1.54 bits per heavy atom. The van der Waals surface area contributed by atoms with E-state index in [1.54, 1.807) is 28.8 Å². The maximum Gasteiger partial charge on any atom is 0.261 e. The molecule has 0 unspecified atom stereocenters. The number of hydrogen-bond acceptors (Lipinski definition) is 4. The van der Waals surface area contributed by atoms with Crippen molar-refractivity contribution in [3.63, 3.8) is 0 Å². The Labute approximate surface area is 149 Å². The van der Waals surface area contributed by atoms with Crippen molar-refractivity contribution in [3.8, 4) is 0 Å². The zero-order valence-corrected chi connectivity index (χ0v) is 14.0. The van der Waals surface area contributed by atoms with E-state index in [0.29, 0.717) is 17.2 Å². The van der Waals surface area contributed by atoms with Gasteiger partial charge in [-0.1, -0.05) is 37.4 Å². The fourth-order valence-electron chi connectivity index (χ4n) is 3.06. The second-order valence-corrected chi connectivity index (χ2v) is 5.74. The number of para-hydroxylation sites is 1. The van der Waals surface area contributed by atoms with E-state index in [0.717, 1.165) is 4.90 Å². The summed E-state index contributed by atoms with van der Waals surface area (Å²) in [6.07, 6.45) is 4.64. The summed E-state index contributed by atoms with van der Waals surface area (Å²) in [5.41, 5.74) is 0.763. The molecule has 26 heavy (non-hydrogen) atoms. The zero-order chi connectivity index (χ0) is 18.8. The summed E-state index contributed by atoms with van der Waals surface area (Å²) in [5.74, 6) is -0.860. The van der Waals surface area contributed by atoms with Gasteiger partial charge in [-0.3, -0.25) is 24.1 Å². The van der Waals surface area contributed by atoms with Crippen LogP contribution in [0.3, 0.4) is 0 Å². The number of hydrogen-bond donors (Lipinski definition) is 0. The average Bonchev–Trinajstić information content (AvgIpc) is 2.90. The minimum absolute atomic E-state index is 0.0273. The van der Waals surface area contributed by atoms with Crippen LogP contribution in [0.2, 0.25) is 0 Å². The lowest BCUT2D eigenvalue weighted by Crippen LogP contribution is -2.34. The van der Waals surface area contributed by atoms with Crippen molar-refractivity contribution in [1.82, 2.24) is 9.47 Å². The Morgan fingerprint density at radius 3 is 2.12 bits per heavy atom. The number of fused-ring (bicyclic) bond motifs is 1. The summed E-state index contributed by atoms with van der Waals surface area (Å²) < 4.78 is 1.69. The highest BCUT2D eigenvalue weighted by Crippen LogP contribution is 2.22. The number of carbonyl (C=O) groups is 3. The standard InChI is InChI=1S/C20H16N2O4/c1-3-14-15(4-2)20(26)22(19(14)25)10-9-21-11-13(12-23)18(24)16-7-5-6-8-17(16)21/h3-8,11-12H,1-2,9-10H2. The van der Waals surface area contributed by atoms with Crippen molar-refractivity contribution in [2.75, 3.05) is 6.54 Å². The molecule has 0 bridgehead atoms. The normalized spacial score (nSPS) is 14.2. The first-order valence-corrected chi connectivity index (χ1v) is 7.96. The summed E-state index contributed by atoms with van der Waals surface area (Å²) in [7, 11) is 0. The summed E-state index contributed by atoms with van der Waals surface area (Å²) in [6.45, 7) is 7.47. The van der Waals surface area contributed by atoms with Gasteiger partial charge in [0.1, 0.15) is 0 Å². The van der Waals surface area contributed by atoms with Crippen LogP contribution in [0.4, 0.5) is 0 Å². The Hall–Kier alpha value is -3.54. The minimum Gasteiger partial charge on any atom is -0.345 e. The van der Waals surface area contributed by atoms with Gasteiger partial charge in [-0.2, -0.15) is 0 Å². The molecule has 0 fully saturated rings. The van der Waals surface area contributed by atoms with Crippen LogP contribution in [-0.2, 0) is 16.1 Å². The minimum atomic E-state index is -0.430. The number of pyridine rings is 1. The van der Waals surface area contributed by atoms with Crippen LogP contribution in [-0.4, -0.2) is 34.1 Å². The third kappa shape index (κ3) is 2.61. The molecule has 1 aromatic heterocycles. The van der Waals surface area contributed by atoms with Crippen molar-refractivity contribution in [1.29, 1.82) is 0 Å². The molecule has 1 aliphatic heterocycles. The van der Waals surface area contributed by atoms with Gasteiger partial charge >= 0.3 is 0 Å². The molecule has 0 saturated heterocycles. The third-order valence-corrected chi connectivity index (χ3v) is 4.36. The molecular formula is C20H16N2O4. The highest BCUT2D eigenvalue weighted by Gasteiger charge is 2.34. The van der Waals surface area contributed by atoms with E-state index in [9.17, 15) is 19.2 Å². The van der Waals surface area contributed by atoms with Gasteiger partial charge in [0.25, 0.3) is 11.8 Å². The Bertz CT molecular complexity index is 1030. The fourth-order valence-corrected chi connectivity index (χ4v) is 3.06. The molecule has 130 valence electrons. The lowest BCUT2D eigenvalue weighted by molar-refractivity contribution is -0.137. The summed E-state index contributed by atoms with van der Waals surface area (Å²) in [4.78, 5) is 49.3. The molecule has 6 nitrogen and oxygen atoms in total. The molecule has 0 N–H and O–H groups in total. The predicted molar refractivity (Wildman–Crippen MR) is 97.7 cm³/mol. The van der Waals surface area contributed by atoms with Gasteiger partial charge in [0.2, 0.25) is 0 Å². The average molecular weight is 348 g/mol. The van der Waals surface area contributed by atoms with Crippen LogP contribution in [0.5, 0.6) is 0 Å². The molecule has 1 aromatic carbocycles. The molecule has 2 heterocycles. The summed E-state index contributed by atoms with van der Waals surface area (Å²) >= 11 is 0. The van der Waals surface area contributed by atoms with E-state index in [2.05, 4.69) is 13.2 Å². The van der Waals surface area contributed by atoms with Gasteiger partial charge in [-0.25, -0.2) is 0 Å². The quantitative estimate of drug-likeness (QED) is 0.590. The van der Waals surface area contributed by atoms with Gasteiger partial charge in [0.05, 0.1) is 22.2 Å². The van der Waals surface area contributed by atoms with Crippen LogP contribution >= 0.6 is 0 Å². The van der Waals surface area contributed by atoms with E-state index in [1.165, 1.54) is 18.3 Å². The molecule has 1 aliphatic rings. The predicted octanol–water partition coefficient (Wildman–Crippen LogP) is 1.85. The van der Waals surface area contributed by atoms with Crippen molar-refractivity contribution >= 4 is 29.0 Å². The monoisotopic (exact) mass is 348 g/mol. The molecule has 0 aliphatic carbocycles. The topological polar surface area (TPSA) is 76.5 Å². The third-order valence-electron chi connectivity index (χ3n) is 4.36. The second-order valence-electron chi connectivity index (χ2n) is 5.74. The molecule has 0 atom stereocenters. The molecular weight excluding hydrogens is 332 g/mol. The number of aromatic nitrogens is 1. The SMILES string of the molecule is C=CC1=C(C=C)C(=O)N(CCn2cc(C=O)c(=O)c3ccccc32)C1=O. The van der Waals surface area contributed by atoms with Gasteiger partial charge < -0.3 is 4.57 Å². The molecule has 0 saturated carbocycles. The molecule has 2 amide bonds. The zero-order valence-electron chi connectivity index (χ0n) is 14.0. The van der Waals surface area contributed by atoms with E-state index in [-0.39, 0.29) is 35.2 Å². The first kappa shape index (κ1) is 17.3. The van der Waals surface area contributed by atoms with Gasteiger partial charge in [0, 0.05) is 24.7 Å².